The minimum absolute atomic E-state index is 0.0334. The lowest BCUT2D eigenvalue weighted by atomic mass is 9.98. The summed E-state index contributed by atoms with van der Waals surface area (Å²) in [5, 5.41) is 3.40. The van der Waals surface area contributed by atoms with Crippen molar-refractivity contribution in [3.05, 3.63) is 96.1 Å². The summed E-state index contributed by atoms with van der Waals surface area (Å²) >= 11 is 0. The summed E-state index contributed by atoms with van der Waals surface area (Å²) in [5.41, 5.74) is 4.88. The van der Waals surface area contributed by atoms with Crippen molar-refractivity contribution in [3.63, 3.8) is 0 Å². The number of hydrogen-bond acceptors (Lipinski definition) is 3. The molecule has 0 aromatic heterocycles. The van der Waals surface area contributed by atoms with Crippen LogP contribution in [0.25, 0.3) is 11.1 Å². The second kappa shape index (κ2) is 9.65. The minimum Gasteiger partial charge on any atom is -0.367 e. The van der Waals surface area contributed by atoms with Crippen molar-refractivity contribution in [2.24, 2.45) is 0 Å². The summed E-state index contributed by atoms with van der Waals surface area (Å²) < 4.78 is 6.40. The van der Waals surface area contributed by atoms with E-state index in [2.05, 4.69) is 95.1 Å². The van der Waals surface area contributed by atoms with Crippen LogP contribution in [0.2, 0.25) is 0 Å². The second-order valence-corrected chi connectivity index (χ2v) is 7.24. The monoisotopic (exact) mass is 372 g/mol. The number of benzene rings is 3. The van der Waals surface area contributed by atoms with Gasteiger partial charge in [0.15, 0.2) is 0 Å². The van der Waals surface area contributed by atoms with Gasteiger partial charge < -0.3 is 10.1 Å². The molecule has 3 aromatic rings. The molecule has 1 aliphatic heterocycles. The van der Waals surface area contributed by atoms with Gasteiger partial charge in [0.25, 0.3) is 0 Å². The van der Waals surface area contributed by atoms with Crippen molar-refractivity contribution in [3.8, 4) is 11.1 Å². The minimum atomic E-state index is -0.0334. The molecule has 4 rings (SSSR count). The number of nitrogens with one attached hydrogen (secondary N) is 1. The van der Waals surface area contributed by atoms with Crippen molar-refractivity contribution in [2.75, 3.05) is 39.3 Å². The molecule has 1 saturated heterocycles. The van der Waals surface area contributed by atoms with Crippen molar-refractivity contribution in [1.82, 2.24) is 10.2 Å². The molecule has 1 unspecified atom stereocenters. The SMILES string of the molecule is c1ccc(-c2ccc(C(OCCN3CCNCC3)c3ccccc3)cc2)cc1. The van der Waals surface area contributed by atoms with Gasteiger partial charge in [-0.05, 0) is 22.3 Å². The van der Waals surface area contributed by atoms with Gasteiger partial charge >= 0.3 is 0 Å². The first-order valence-corrected chi connectivity index (χ1v) is 10.2. The third-order valence-electron chi connectivity index (χ3n) is 5.32. The molecular weight excluding hydrogens is 344 g/mol. The number of rotatable bonds is 7. The molecule has 1 aliphatic rings. The van der Waals surface area contributed by atoms with Crippen LogP contribution in [0, 0.1) is 0 Å². The summed E-state index contributed by atoms with van der Waals surface area (Å²) in [7, 11) is 0. The zero-order valence-electron chi connectivity index (χ0n) is 16.3. The Hall–Kier alpha value is -2.46. The van der Waals surface area contributed by atoms with Gasteiger partial charge in [-0.3, -0.25) is 4.90 Å². The van der Waals surface area contributed by atoms with Crippen LogP contribution in [-0.4, -0.2) is 44.2 Å². The van der Waals surface area contributed by atoms with E-state index in [1.807, 2.05) is 0 Å². The molecule has 0 aliphatic carbocycles. The molecule has 1 N–H and O–H groups in total. The molecule has 28 heavy (non-hydrogen) atoms. The van der Waals surface area contributed by atoms with Crippen LogP contribution in [0.15, 0.2) is 84.9 Å². The Kier molecular flexibility index (Phi) is 6.51. The fraction of sp³-hybridized carbons (Fsp3) is 0.280. The van der Waals surface area contributed by atoms with Crippen LogP contribution in [0.1, 0.15) is 17.2 Å². The van der Waals surface area contributed by atoms with Crippen LogP contribution >= 0.6 is 0 Å². The molecule has 1 atom stereocenters. The topological polar surface area (TPSA) is 24.5 Å². The van der Waals surface area contributed by atoms with Gasteiger partial charge in [0.2, 0.25) is 0 Å². The van der Waals surface area contributed by atoms with Crippen molar-refractivity contribution in [2.45, 2.75) is 6.10 Å². The van der Waals surface area contributed by atoms with Crippen LogP contribution in [0.3, 0.4) is 0 Å². The Bertz CT molecular complexity index is 827. The number of piperazine rings is 1. The smallest absolute Gasteiger partial charge is 0.108 e. The lowest BCUT2D eigenvalue weighted by Crippen LogP contribution is -2.44. The summed E-state index contributed by atoms with van der Waals surface area (Å²) in [6, 6.07) is 29.8. The Morgan fingerprint density at radius 2 is 1.29 bits per heavy atom. The highest BCUT2D eigenvalue weighted by molar-refractivity contribution is 5.63. The molecule has 0 amide bonds. The lowest BCUT2D eigenvalue weighted by molar-refractivity contribution is 0.0573. The zero-order chi connectivity index (χ0) is 19.0. The number of nitrogens with zero attached hydrogens (tertiary/aromatic N) is 1. The average molecular weight is 373 g/mol. The van der Waals surface area contributed by atoms with E-state index in [-0.39, 0.29) is 6.10 Å². The highest BCUT2D eigenvalue weighted by atomic mass is 16.5. The maximum absolute atomic E-state index is 6.40. The van der Waals surface area contributed by atoms with E-state index in [0.717, 1.165) is 39.3 Å². The third kappa shape index (κ3) is 4.87. The Balaban J connectivity index is 1.48. The number of hydrogen-bond donors (Lipinski definition) is 1. The maximum atomic E-state index is 6.40. The molecule has 1 fully saturated rings. The summed E-state index contributed by atoms with van der Waals surface area (Å²) in [5.74, 6) is 0. The molecule has 144 valence electrons. The predicted octanol–water partition coefficient (Wildman–Crippen LogP) is 4.36. The fourth-order valence-electron chi connectivity index (χ4n) is 3.73. The van der Waals surface area contributed by atoms with Gasteiger partial charge in [0, 0.05) is 32.7 Å². The quantitative estimate of drug-likeness (QED) is 0.667. The van der Waals surface area contributed by atoms with E-state index in [4.69, 9.17) is 4.74 Å². The first kappa shape index (κ1) is 18.9. The Morgan fingerprint density at radius 3 is 1.96 bits per heavy atom. The van der Waals surface area contributed by atoms with E-state index in [0.29, 0.717) is 0 Å². The van der Waals surface area contributed by atoms with E-state index in [9.17, 15) is 0 Å². The van der Waals surface area contributed by atoms with E-state index < -0.39 is 0 Å². The first-order chi connectivity index (χ1) is 13.9. The van der Waals surface area contributed by atoms with Crippen LogP contribution in [0.5, 0.6) is 0 Å². The maximum Gasteiger partial charge on any atom is 0.108 e. The predicted molar refractivity (Wildman–Crippen MR) is 115 cm³/mol. The van der Waals surface area contributed by atoms with Gasteiger partial charge in [-0.25, -0.2) is 0 Å². The molecule has 0 radical (unpaired) electrons. The molecular formula is C25H28N2O. The van der Waals surface area contributed by atoms with E-state index in [1.165, 1.54) is 22.3 Å². The average Bonchev–Trinajstić information content (AvgIpc) is 2.79. The summed E-state index contributed by atoms with van der Waals surface area (Å²) in [6.45, 7) is 6.06. The summed E-state index contributed by atoms with van der Waals surface area (Å²) in [4.78, 5) is 2.47. The Labute approximate surface area is 168 Å². The Morgan fingerprint density at radius 1 is 0.714 bits per heavy atom. The van der Waals surface area contributed by atoms with Gasteiger partial charge in [-0.2, -0.15) is 0 Å². The van der Waals surface area contributed by atoms with Gasteiger partial charge in [-0.15, -0.1) is 0 Å². The molecule has 3 heteroatoms. The van der Waals surface area contributed by atoms with Crippen LogP contribution < -0.4 is 5.32 Å². The van der Waals surface area contributed by atoms with Gasteiger partial charge in [0.1, 0.15) is 6.10 Å². The largest absolute Gasteiger partial charge is 0.367 e. The van der Waals surface area contributed by atoms with E-state index >= 15 is 0 Å². The highest BCUT2D eigenvalue weighted by Crippen LogP contribution is 2.28. The van der Waals surface area contributed by atoms with Crippen molar-refractivity contribution >= 4 is 0 Å². The fourth-order valence-corrected chi connectivity index (χ4v) is 3.73. The van der Waals surface area contributed by atoms with Crippen molar-refractivity contribution < 1.29 is 4.74 Å². The molecule has 1 heterocycles. The van der Waals surface area contributed by atoms with E-state index in [1.54, 1.807) is 0 Å². The molecule has 0 saturated carbocycles. The third-order valence-corrected chi connectivity index (χ3v) is 5.32. The second-order valence-electron chi connectivity index (χ2n) is 7.24. The van der Waals surface area contributed by atoms with Crippen molar-refractivity contribution in [1.29, 1.82) is 0 Å². The standard InChI is InChI=1S/C25H28N2O/c1-3-7-21(8-4-1)22-11-13-24(14-12-22)25(23-9-5-2-6-10-23)28-20-19-27-17-15-26-16-18-27/h1-14,25-26H,15-20H2. The van der Waals surface area contributed by atoms with Crippen LogP contribution in [0.4, 0.5) is 0 Å². The number of ether oxygens (including phenoxy) is 1. The normalized spacial score (nSPS) is 16.0. The van der Waals surface area contributed by atoms with Crippen LogP contribution in [-0.2, 0) is 4.74 Å². The molecule has 3 nitrogen and oxygen atoms in total. The molecule has 0 bridgehead atoms. The molecule has 3 aromatic carbocycles. The molecule has 0 spiro atoms. The lowest BCUT2D eigenvalue weighted by Gasteiger charge is -2.28. The first-order valence-electron chi connectivity index (χ1n) is 10.2. The zero-order valence-corrected chi connectivity index (χ0v) is 16.3. The summed E-state index contributed by atoms with van der Waals surface area (Å²) in [6.07, 6.45) is -0.0334. The van der Waals surface area contributed by atoms with Gasteiger partial charge in [0.05, 0.1) is 6.61 Å². The highest BCUT2D eigenvalue weighted by Gasteiger charge is 2.16. The van der Waals surface area contributed by atoms with Gasteiger partial charge in [-0.1, -0.05) is 84.9 Å².